The van der Waals surface area contributed by atoms with E-state index >= 15 is 0 Å². The zero-order valence-corrected chi connectivity index (χ0v) is 13.1. The lowest BCUT2D eigenvalue weighted by Gasteiger charge is -2.23. The van der Waals surface area contributed by atoms with Gasteiger partial charge in [0.1, 0.15) is 0 Å². The molecule has 0 aliphatic heterocycles. The first-order valence-corrected chi connectivity index (χ1v) is 8.72. The third-order valence-corrected chi connectivity index (χ3v) is 6.17. The van der Waals surface area contributed by atoms with Crippen molar-refractivity contribution in [1.29, 1.82) is 0 Å². The molecule has 0 spiro atoms. The molecular formula is C14H18N2O2S2. The van der Waals surface area contributed by atoms with E-state index in [2.05, 4.69) is 0 Å². The minimum absolute atomic E-state index is 0.0374. The van der Waals surface area contributed by atoms with Crippen molar-refractivity contribution in [2.75, 3.05) is 12.8 Å². The zero-order chi connectivity index (χ0) is 14.8. The predicted octanol–water partition coefficient (Wildman–Crippen LogP) is 2.85. The van der Waals surface area contributed by atoms with Gasteiger partial charge in [-0.3, -0.25) is 0 Å². The second-order valence-electron chi connectivity index (χ2n) is 4.71. The lowest BCUT2D eigenvalue weighted by molar-refractivity contribution is 0.402. The number of hydrogen-bond acceptors (Lipinski definition) is 4. The molecule has 0 amide bonds. The van der Waals surface area contributed by atoms with Crippen molar-refractivity contribution >= 4 is 27.0 Å². The van der Waals surface area contributed by atoms with Crippen molar-refractivity contribution in [2.24, 2.45) is 0 Å². The summed E-state index contributed by atoms with van der Waals surface area (Å²) in [4.78, 5) is 1.03. The average molecular weight is 310 g/mol. The van der Waals surface area contributed by atoms with E-state index in [0.717, 1.165) is 4.88 Å². The Labute approximate surface area is 123 Å². The first-order valence-electron chi connectivity index (χ1n) is 6.23. The molecule has 1 heterocycles. The Bertz CT molecular complexity index is 666. The highest BCUT2D eigenvalue weighted by atomic mass is 32.2. The van der Waals surface area contributed by atoms with Crippen molar-refractivity contribution in [3.63, 3.8) is 0 Å². The van der Waals surface area contributed by atoms with Crippen LogP contribution in [0, 0.1) is 0 Å². The van der Waals surface area contributed by atoms with E-state index in [-0.39, 0.29) is 11.8 Å². The number of sulfonamides is 1. The molecule has 4 nitrogen and oxygen atoms in total. The van der Waals surface area contributed by atoms with Crippen molar-refractivity contribution in [3.8, 4) is 0 Å². The van der Waals surface area contributed by atoms with Crippen LogP contribution in [0.4, 0.5) is 5.69 Å². The minimum Gasteiger partial charge on any atom is -0.399 e. The highest BCUT2D eigenvalue weighted by molar-refractivity contribution is 7.88. The van der Waals surface area contributed by atoms with Gasteiger partial charge in [0.25, 0.3) is 0 Å². The highest BCUT2D eigenvalue weighted by Crippen LogP contribution is 2.26. The molecule has 0 bridgehead atoms. The number of thiophene rings is 1. The molecule has 2 N–H and O–H groups in total. The molecule has 0 aliphatic carbocycles. The first kappa shape index (κ1) is 15.0. The van der Waals surface area contributed by atoms with E-state index < -0.39 is 10.0 Å². The maximum Gasteiger partial charge on any atom is 0.218 e. The first-order chi connectivity index (χ1) is 9.40. The summed E-state index contributed by atoms with van der Waals surface area (Å²) in [5.74, 6) is -0.0374. The summed E-state index contributed by atoms with van der Waals surface area (Å²) in [6.45, 7) is 1.89. The van der Waals surface area contributed by atoms with Gasteiger partial charge in [0.15, 0.2) is 0 Å². The van der Waals surface area contributed by atoms with Crippen molar-refractivity contribution in [2.45, 2.75) is 18.7 Å². The van der Waals surface area contributed by atoms with Crippen LogP contribution < -0.4 is 5.73 Å². The maximum atomic E-state index is 12.4. The standard InChI is InChI=1S/C14H18N2O2S2/c1-11(14-7-4-8-19-14)16(2)20(17,18)10-12-5-3-6-13(15)9-12/h3-9,11H,10,15H2,1-2H3. The molecule has 6 heteroatoms. The Balaban J connectivity index is 2.18. The van der Waals surface area contributed by atoms with Crippen LogP contribution in [-0.2, 0) is 15.8 Å². The summed E-state index contributed by atoms with van der Waals surface area (Å²) in [5, 5.41) is 1.95. The van der Waals surface area contributed by atoms with E-state index in [0.29, 0.717) is 11.3 Å². The number of rotatable bonds is 5. The van der Waals surface area contributed by atoms with E-state index in [9.17, 15) is 8.42 Å². The van der Waals surface area contributed by atoms with Crippen LogP contribution in [0.5, 0.6) is 0 Å². The summed E-state index contributed by atoms with van der Waals surface area (Å²) in [7, 11) is -1.75. The van der Waals surface area contributed by atoms with Crippen LogP contribution in [0.25, 0.3) is 0 Å². The van der Waals surface area contributed by atoms with Crippen molar-refractivity contribution in [1.82, 2.24) is 4.31 Å². The quantitative estimate of drug-likeness (QED) is 0.864. The van der Waals surface area contributed by atoms with E-state index in [4.69, 9.17) is 5.73 Å². The van der Waals surface area contributed by atoms with Crippen LogP contribution in [0.2, 0.25) is 0 Å². The monoisotopic (exact) mass is 310 g/mol. The number of benzene rings is 1. The van der Waals surface area contributed by atoms with Crippen LogP contribution in [-0.4, -0.2) is 19.8 Å². The fraction of sp³-hybridized carbons (Fsp3) is 0.286. The molecule has 108 valence electrons. The second kappa shape index (κ2) is 5.95. The molecule has 0 radical (unpaired) electrons. The molecule has 20 heavy (non-hydrogen) atoms. The number of nitrogens with two attached hydrogens (primary N) is 1. The molecule has 1 atom stereocenters. The Morgan fingerprint density at radius 1 is 1.30 bits per heavy atom. The van der Waals surface area contributed by atoms with Gasteiger partial charge < -0.3 is 5.73 Å². The number of hydrogen-bond donors (Lipinski definition) is 1. The lowest BCUT2D eigenvalue weighted by Crippen LogP contribution is -2.30. The molecule has 1 aromatic carbocycles. The summed E-state index contributed by atoms with van der Waals surface area (Å²) in [6.07, 6.45) is 0. The van der Waals surface area contributed by atoms with Gasteiger partial charge in [-0.15, -0.1) is 11.3 Å². The highest BCUT2D eigenvalue weighted by Gasteiger charge is 2.25. The van der Waals surface area contributed by atoms with Gasteiger partial charge in [0, 0.05) is 17.6 Å². The average Bonchev–Trinajstić information content (AvgIpc) is 2.90. The largest absolute Gasteiger partial charge is 0.399 e. The summed E-state index contributed by atoms with van der Waals surface area (Å²) in [6, 6.07) is 10.7. The molecule has 1 unspecified atom stereocenters. The lowest BCUT2D eigenvalue weighted by atomic mass is 10.2. The fourth-order valence-electron chi connectivity index (χ4n) is 1.94. The van der Waals surface area contributed by atoms with E-state index in [1.807, 2.05) is 24.4 Å². The third kappa shape index (κ3) is 3.39. The summed E-state index contributed by atoms with van der Waals surface area (Å²) in [5.41, 5.74) is 6.96. The molecule has 1 aromatic heterocycles. The molecular weight excluding hydrogens is 292 g/mol. The van der Waals surface area contributed by atoms with Crippen molar-refractivity contribution in [3.05, 3.63) is 52.2 Å². The predicted molar refractivity (Wildman–Crippen MR) is 84.0 cm³/mol. The minimum atomic E-state index is -3.37. The van der Waals surface area contributed by atoms with Gasteiger partial charge in [-0.25, -0.2) is 8.42 Å². The Morgan fingerprint density at radius 2 is 2.05 bits per heavy atom. The molecule has 2 aromatic rings. The van der Waals surface area contributed by atoms with E-state index in [1.54, 1.807) is 42.6 Å². The van der Waals surface area contributed by atoms with Crippen LogP contribution in [0.3, 0.4) is 0 Å². The molecule has 0 saturated heterocycles. The second-order valence-corrected chi connectivity index (χ2v) is 7.72. The van der Waals surface area contributed by atoms with Gasteiger partial charge in [0.2, 0.25) is 10.0 Å². The Morgan fingerprint density at radius 3 is 2.65 bits per heavy atom. The van der Waals surface area contributed by atoms with Gasteiger partial charge in [-0.2, -0.15) is 4.31 Å². The molecule has 0 saturated carbocycles. The smallest absolute Gasteiger partial charge is 0.218 e. The van der Waals surface area contributed by atoms with Gasteiger partial charge >= 0.3 is 0 Å². The normalized spacial score (nSPS) is 13.6. The number of nitrogens with zero attached hydrogens (tertiary/aromatic N) is 1. The maximum absolute atomic E-state index is 12.4. The van der Waals surface area contributed by atoms with Crippen LogP contribution in [0.15, 0.2) is 41.8 Å². The Kier molecular flexibility index (Phi) is 4.47. The third-order valence-electron chi connectivity index (χ3n) is 3.24. The van der Waals surface area contributed by atoms with Gasteiger partial charge in [-0.1, -0.05) is 18.2 Å². The fourth-order valence-corrected chi connectivity index (χ4v) is 4.24. The molecule has 0 fully saturated rings. The molecule has 2 rings (SSSR count). The number of anilines is 1. The Hall–Kier alpha value is -1.37. The summed E-state index contributed by atoms with van der Waals surface area (Å²) < 4.78 is 26.3. The SMILES string of the molecule is CC(c1cccs1)N(C)S(=O)(=O)Cc1cccc(N)c1. The van der Waals surface area contributed by atoms with Gasteiger partial charge in [0.05, 0.1) is 11.8 Å². The zero-order valence-electron chi connectivity index (χ0n) is 11.5. The number of nitrogen functional groups attached to an aromatic ring is 1. The van der Waals surface area contributed by atoms with Crippen molar-refractivity contribution < 1.29 is 8.42 Å². The topological polar surface area (TPSA) is 63.4 Å². The van der Waals surface area contributed by atoms with Crippen LogP contribution >= 0.6 is 11.3 Å². The summed E-state index contributed by atoms with van der Waals surface area (Å²) >= 11 is 1.56. The molecule has 0 aliphatic rings. The van der Waals surface area contributed by atoms with E-state index in [1.165, 1.54) is 4.31 Å². The van der Waals surface area contributed by atoms with Crippen LogP contribution in [0.1, 0.15) is 23.4 Å². The van der Waals surface area contributed by atoms with Gasteiger partial charge in [-0.05, 0) is 36.1 Å².